The zero-order chi connectivity index (χ0) is 17.7. The molecule has 2 rings (SSSR count). The second-order valence-corrected chi connectivity index (χ2v) is 8.19. The molecule has 0 aliphatic carbocycles. The van der Waals surface area contributed by atoms with E-state index in [4.69, 9.17) is 0 Å². The van der Waals surface area contributed by atoms with E-state index in [0.717, 1.165) is 17.0 Å². The molecule has 0 saturated carbocycles. The minimum absolute atomic E-state index is 0.125. The Morgan fingerprint density at radius 3 is 2.42 bits per heavy atom. The second kappa shape index (κ2) is 7.87. The molecule has 1 heterocycles. The van der Waals surface area contributed by atoms with Gasteiger partial charge in [-0.1, -0.05) is 24.6 Å². The number of thiazole rings is 1. The maximum Gasteiger partial charge on any atom is 0.263 e. The molecular weight excluding hydrogens is 346 g/mol. The van der Waals surface area contributed by atoms with Crippen LogP contribution >= 0.6 is 11.3 Å². The SMILES string of the molecule is CCc1nc(C)c(C(=O)NCCNS(=O)(=O)c2ccc(C)cc2)s1. The monoisotopic (exact) mass is 367 g/mol. The van der Waals surface area contributed by atoms with E-state index in [9.17, 15) is 13.2 Å². The number of hydrogen-bond acceptors (Lipinski definition) is 5. The summed E-state index contributed by atoms with van der Waals surface area (Å²) in [5.74, 6) is -0.223. The first-order valence-corrected chi connectivity index (χ1v) is 9.94. The zero-order valence-corrected chi connectivity index (χ0v) is 15.6. The van der Waals surface area contributed by atoms with E-state index < -0.39 is 10.0 Å². The van der Waals surface area contributed by atoms with E-state index in [-0.39, 0.29) is 23.9 Å². The van der Waals surface area contributed by atoms with Crippen LogP contribution in [-0.4, -0.2) is 32.4 Å². The molecule has 0 saturated heterocycles. The summed E-state index contributed by atoms with van der Waals surface area (Å²) in [6, 6.07) is 6.61. The summed E-state index contributed by atoms with van der Waals surface area (Å²) in [4.78, 5) is 17.2. The second-order valence-electron chi connectivity index (χ2n) is 5.34. The Bertz CT molecular complexity index is 812. The number of aromatic nitrogens is 1. The summed E-state index contributed by atoms with van der Waals surface area (Å²) in [5.41, 5.74) is 1.70. The lowest BCUT2D eigenvalue weighted by atomic mass is 10.2. The fraction of sp³-hybridized carbons (Fsp3) is 0.375. The largest absolute Gasteiger partial charge is 0.350 e. The first-order chi connectivity index (χ1) is 11.3. The number of amides is 1. The predicted molar refractivity (Wildman–Crippen MR) is 94.9 cm³/mol. The maximum absolute atomic E-state index is 12.1. The Morgan fingerprint density at radius 2 is 1.83 bits per heavy atom. The van der Waals surface area contributed by atoms with Gasteiger partial charge in [-0.05, 0) is 32.4 Å². The lowest BCUT2D eigenvalue weighted by Gasteiger charge is -2.08. The summed E-state index contributed by atoms with van der Waals surface area (Å²) in [7, 11) is -3.56. The molecule has 2 aromatic rings. The normalized spacial score (nSPS) is 11.5. The van der Waals surface area contributed by atoms with Gasteiger partial charge in [0.15, 0.2) is 0 Å². The highest BCUT2D eigenvalue weighted by Gasteiger charge is 2.15. The van der Waals surface area contributed by atoms with Crippen LogP contribution < -0.4 is 10.0 Å². The van der Waals surface area contributed by atoms with Crippen molar-refractivity contribution in [3.63, 3.8) is 0 Å². The molecule has 0 aliphatic rings. The summed E-state index contributed by atoms with van der Waals surface area (Å²) in [6.07, 6.45) is 0.787. The van der Waals surface area contributed by atoms with Gasteiger partial charge >= 0.3 is 0 Å². The van der Waals surface area contributed by atoms with Crippen LogP contribution in [0.5, 0.6) is 0 Å². The van der Waals surface area contributed by atoms with Crippen LogP contribution in [0.15, 0.2) is 29.2 Å². The van der Waals surface area contributed by atoms with Crippen LogP contribution in [0.4, 0.5) is 0 Å². The summed E-state index contributed by atoms with van der Waals surface area (Å²) < 4.78 is 26.7. The molecule has 0 atom stereocenters. The molecule has 0 spiro atoms. The van der Waals surface area contributed by atoms with Crippen LogP contribution in [-0.2, 0) is 16.4 Å². The molecule has 1 amide bonds. The lowest BCUT2D eigenvalue weighted by Crippen LogP contribution is -2.34. The summed E-state index contributed by atoms with van der Waals surface area (Å²) >= 11 is 1.37. The highest BCUT2D eigenvalue weighted by molar-refractivity contribution is 7.89. The van der Waals surface area contributed by atoms with Gasteiger partial charge in [0.1, 0.15) is 4.88 Å². The average Bonchev–Trinajstić information content (AvgIpc) is 2.93. The van der Waals surface area contributed by atoms with E-state index in [2.05, 4.69) is 15.0 Å². The first kappa shape index (κ1) is 18.6. The smallest absolute Gasteiger partial charge is 0.263 e. The summed E-state index contributed by atoms with van der Waals surface area (Å²) in [6.45, 7) is 6.01. The van der Waals surface area contributed by atoms with Crippen molar-refractivity contribution in [2.75, 3.05) is 13.1 Å². The van der Waals surface area contributed by atoms with Crippen molar-refractivity contribution >= 4 is 27.3 Å². The van der Waals surface area contributed by atoms with Crippen molar-refractivity contribution in [3.05, 3.63) is 45.4 Å². The van der Waals surface area contributed by atoms with Gasteiger partial charge in [-0.25, -0.2) is 18.1 Å². The molecule has 0 unspecified atom stereocenters. The number of benzene rings is 1. The third-order valence-corrected chi connectivity index (χ3v) is 6.16. The number of hydrogen-bond donors (Lipinski definition) is 2. The quantitative estimate of drug-likeness (QED) is 0.733. The molecule has 6 nitrogen and oxygen atoms in total. The molecular formula is C16H21N3O3S2. The van der Waals surface area contributed by atoms with Gasteiger partial charge in [-0.2, -0.15) is 0 Å². The zero-order valence-electron chi connectivity index (χ0n) is 13.9. The van der Waals surface area contributed by atoms with Gasteiger partial charge in [0, 0.05) is 13.1 Å². The van der Waals surface area contributed by atoms with Crippen molar-refractivity contribution in [3.8, 4) is 0 Å². The molecule has 1 aromatic carbocycles. The van der Waals surface area contributed by atoms with Crippen molar-refractivity contribution in [1.82, 2.24) is 15.0 Å². The van der Waals surface area contributed by atoms with E-state index in [1.54, 1.807) is 31.2 Å². The average molecular weight is 367 g/mol. The lowest BCUT2D eigenvalue weighted by molar-refractivity contribution is 0.0957. The third kappa shape index (κ3) is 4.62. The number of aryl methyl sites for hydroxylation is 3. The van der Waals surface area contributed by atoms with E-state index in [1.165, 1.54) is 11.3 Å². The minimum atomic E-state index is -3.56. The van der Waals surface area contributed by atoms with Gasteiger partial charge in [-0.3, -0.25) is 4.79 Å². The number of nitrogens with zero attached hydrogens (tertiary/aromatic N) is 1. The molecule has 130 valence electrons. The van der Waals surface area contributed by atoms with Gasteiger partial charge in [0.05, 0.1) is 15.6 Å². The maximum atomic E-state index is 12.1. The number of sulfonamides is 1. The van der Waals surface area contributed by atoms with E-state index in [0.29, 0.717) is 10.6 Å². The number of rotatable bonds is 7. The Labute approximate surface area is 146 Å². The predicted octanol–water partition coefficient (Wildman–Crippen LogP) is 2.03. The third-order valence-electron chi connectivity index (χ3n) is 3.38. The molecule has 8 heteroatoms. The highest BCUT2D eigenvalue weighted by atomic mass is 32.2. The van der Waals surface area contributed by atoms with Crippen molar-refractivity contribution < 1.29 is 13.2 Å². The number of nitrogens with one attached hydrogen (secondary N) is 2. The van der Waals surface area contributed by atoms with Crippen LogP contribution in [0.1, 0.15) is 32.9 Å². The van der Waals surface area contributed by atoms with Crippen LogP contribution in [0.3, 0.4) is 0 Å². The molecule has 0 bridgehead atoms. The molecule has 0 aliphatic heterocycles. The molecule has 2 N–H and O–H groups in total. The molecule has 0 radical (unpaired) electrons. The van der Waals surface area contributed by atoms with Gasteiger partial charge in [0.2, 0.25) is 10.0 Å². The summed E-state index contributed by atoms with van der Waals surface area (Å²) in [5, 5.41) is 3.63. The van der Waals surface area contributed by atoms with Crippen LogP contribution in [0.2, 0.25) is 0 Å². The topological polar surface area (TPSA) is 88.2 Å². The van der Waals surface area contributed by atoms with Gasteiger partial charge < -0.3 is 5.32 Å². The highest BCUT2D eigenvalue weighted by Crippen LogP contribution is 2.18. The van der Waals surface area contributed by atoms with E-state index in [1.807, 2.05) is 13.8 Å². The Hall–Kier alpha value is -1.77. The van der Waals surface area contributed by atoms with E-state index >= 15 is 0 Å². The van der Waals surface area contributed by atoms with Crippen molar-refractivity contribution in [1.29, 1.82) is 0 Å². The molecule has 24 heavy (non-hydrogen) atoms. The fourth-order valence-corrected chi connectivity index (χ4v) is 4.01. The van der Waals surface area contributed by atoms with Crippen molar-refractivity contribution in [2.45, 2.75) is 32.1 Å². The minimum Gasteiger partial charge on any atom is -0.350 e. The standard InChI is InChI=1S/C16H21N3O3S2/c1-4-14-19-12(3)15(23-14)16(20)17-9-10-18-24(21,22)13-7-5-11(2)6-8-13/h5-8,18H,4,9-10H2,1-3H3,(H,17,20). The number of carbonyl (C=O) groups is 1. The van der Waals surface area contributed by atoms with Gasteiger partial charge in [0.25, 0.3) is 5.91 Å². The molecule has 1 aromatic heterocycles. The van der Waals surface area contributed by atoms with Crippen LogP contribution in [0.25, 0.3) is 0 Å². The molecule has 0 fully saturated rings. The number of carbonyl (C=O) groups excluding carboxylic acids is 1. The van der Waals surface area contributed by atoms with Crippen molar-refractivity contribution in [2.24, 2.45) is 0 Å². The Kier molecular flexibility index (Phi) is 6.09. The first-order valence-electron chi connectivity index (χ1n) is 7.64. The van der Waals surface area contributed by atoms with Gasteiger partial charge in [-0.15, -0.1) is 11.3 Å². The Balaban J connectivity index is 1.86. The fourth-order valence-electron chi connectivity index (χ4n) is 2.06. The Morgan fingerprint density at radius 1 is 1.17 bits per heavy atom. The van der Waals surface area contributed by atoms with Crippen LogP contribution in [0, 0.1) is 13.8 Å².